The second-order valence-electron chi connectivity index (χ2n) is 3.63. The predicted molar refractivity (Wildman–Crippen MR) is 66.5 cm³/mol. The average Bonchev–Trinajstić information content (AvgIpc) is 2.67. The number of hydrogen-bond acceptors (Lipinski definition) is 3. The highest BCUT2D eigenvalue weighted by Gasteiger charge is 1.99. The molecule has 0 saturated heterocycles. The van der Waals surface area contributed by atoms with Gasteiger partial charge in [0.1, 0.15) is 0 Å². The highest BCUT2D eigenvalue weighted by atomic mass is 32.2. The van der Waals surface area contributed by atoms with Crippen molar-refractivity contribution in [2.45, 2.75) is 16.3 Å². The zero-order valence-corrected chi connectivity index (χ0v) is 10.3. The Morgan fingerprint density at radius 2 is 2.00 bits per heavy atom. The molecule has 2 aromatic rings. The van der Waals surface area contributed by atoms with Crippen LogP contribution in [0.4, 0.5) is 0 Å². The van der Waals surface area contributed by atoms with E-state index < -0.39 is 0 Å². The first-order chi connectivity index (χ1) is 7.78. The van der Waals surface area contributed by atoms with Gasteiger partial charge in [0.15, 0.2) is 0 Å². The molecule has 1 aromatic carbocycles. The van der Waals surface area contributed by atoms with Crippen LogP contribution in [0.2, 0.25) is 0 Å². The SMILES string of the molecule is CNCc1ccc(Sc2cnn(C)c2)cc1. The van der Waals surface area contributed by atoms with Crippen molar-refractivity contribution in [2.24, 2.45) is 7.05 Å². The number of nitrogens with one attached hydrogen (secondary N) is 1. The van der Waals surface area contributed by atoms with Gasteiger partial charge in [-0.05, 0) is 24.7 Å². The minimum atomic E-state index is 0.915. The summed E-state index contributed by atoms with van der Waals surface area (Å²) in [7, 11) is 3.89. The molecule has 0 aliphatic carbocycles. The van der Waals surface area contributed by atoms with Crippen LogP contribution in [0.3, 0.4) is 0 Å². The Morgan fingerprint density at radius 3 is 2.56 bits per heavy atom. The summed E-state index contributed by atoms with van der Waals surface area (Å²) in [5.41, 5.74) is 1.30. The van der Waals surface area contributed by atoms with E-state index in [2.05, 4.69) is 34.7 Å². The zero-order valence-electron chi connectivity index (χ0n) is 9.47. The van der Waals surface area contributed by atoms with Crippen LogP contribution in [-0.4, -0.2) is 16.8 Å². The fourth-order valence-electron chi connectivity index (χ4n) is 1.47. The minimum Gasteiger partial charge on any atom is -0.316 e. The van der Waals surface area contributed by atoms with Crippen molar-refractivity contribution in [3.63, 3.8) is 0 Å². The standard InChI is InChI=1S/C12H15N3S/c1-13-7-10-3-5-11(6-4-10)16-12-8-14-15(2)9-12/h3-6,8-9,13H,7H2,1-2H3. The molecule has 0 aliphatic rings. The van der Waals surface area contributed by atoms with Crippen molar-refractivity contribution in [2.75, 3.05) is 7.05 Å². The van der Waals surface area contributed by atoms with Crippen molar-refractivity contribution >= 4 is 11.8 Å². The van der Waals surface area contributed by atoms with Crippen molar-refractivity contribution < 1.29 is 0 Å². The van der Waals surface area contributed by atoms with Gasteiger partial charge in [-0.1, -0.05) is 23.9 Å². The van der Waals surface area contributed by atoms with Gasteiger partial charge in [-0.25, -0.2) is 0 Å². The van der Waals surface area contributed by atoms with E-state index in [0.29, 0.717) is 0 Å². The van der Waals surface area contributed by atoms with Gasteiger partial charge in [0, 0.05) is 24.7 Å². The maximum Gasteiger partial charge on any atom is 0.0629 e. The van der Waals surface area contributed by atoms with Crippen LogP contribution in [0.5, 0.6) is 0 Å². The molecule has 84 valence electrons. The molecule has 1 aromatic heterocycles. The molecule has 1 heterocycles. The van der Waals surface area contributed by atoms with Gasteiger partial charge in [-0.2, -0.15) is 5.10 Å². The molecule has 0 radical (unpaired) electrons. The van der Waals surface area contributed by atoms with Gasteiger partial charge in [-0.3, -0.25) is 4.68 Å². The molecular weight excluding hydrogens is 218 g/mol. The molecule has 16 heavy (non-hydrogen) atoms. The van der Waals surface area contributed by atoms with E-state index in [-0.39, 0.29) is 0 Å². The number of rotatable bonds is 4. The maximum atomic E-state index is 4.15. The molecule has 0 amide bonds. The molecule has 0 saturated carbocycles. The van der Waals surface area contributed by atoms with Crippen molar-refractivity contribution in [3.05, 3.63) is 42.2 Å². The van der Waals surface area contributed by atoms with E-state index in [0.717, 1.165) is 6.54 Å². The van der Waals surface area contributed by atoms with Crippen LogP contribution in [0.1, 0.15) is 5.56 Å². The third kappa shape index (κ3) is 2.87. The molecular formula is C12H15N3S. The van der Waals surface area contributed by atoms with Gasteiger partial charge in [0.2, 0.25) is 0 Å². The summed E-state index contributed by atoms with van der Waals surface area (Å²) in [6.07, 6.45) is 3.90. The van der Waals surface area contributed by atoms with Gasteiger partial charge < -0.3 is 5.32 Å². The third-order valence-corrected chi connectivity index (χ3v) is 3.18. The van der Waals surface area contributed by atoms with Gasteiger partial charge in [0.05, 0.1) is 11.1 Å². The van der Waals surface area contributed by atoms with Gasteiger partial charge >= 0.3 is 0 Å². The smallest absolute Gasteiger partial charge is 0.0629 e. The molecule has 0 spiro atoms. The van der Waals surface area contributed by atoms with Gasteiger partial charge in [0.25, 0.3) is 0 Å². The van der Waals surface area contributed by atoms with E-state index >= 15 is 0 Å². The maximum absolute atomic E-state index is 4.15. The molecule has 1 N–H and O–H groups in total. The van der Waals surface area contributed by atoms with Crippen LogP contribution in [0.25, 0.3) is 0 Å². The number of aromatic nitrogens is 2. The van der Waals surface area contributed by atoms with Crippen LogP contribution in [-0.2, 0) is 13.6 Å². The number of hydrogen-bond donors (Lipinski definition) is 1. The summed E-state index contributed by atoms with van der Waals surface area (Å²) in [6.45, 7) is 0.915. The fourth-order valence-corrected chi connectivity index (χ4v) is 2.32. The summed E-state index contributed by atoms with van der Waals surface area (Å²) in [5.74, 6) is 0. The van der Waals surface area contributed by atoms with Crippen LogP contribution in [0, 0.1) is 0 Å². The lowest BCUT2D eigenvalue weighted by Crippen LogP contribution is -2.04. The van der Waals surface area contributed by atoms with Crippen LogP contribution in [0.15, 0.2) is 46.5 Å². The molecule has 4 heteroatoms. The van der Waals surface area contributed by atoms with E-state index in [1.807, 2.05) is 31.2 Å². The number of nitrogens with zero attached hydrogens (tertiary/aromatic N) is 2. The lowest BCUT2D eigenvalue weighted by molar-refractivity contribution is 0.766. The lowest BCUT2D eigenvalue weighted by atomic mass is 10.2. The van der Waals surface area contributed by atoms with Crippen LogP contribution >= 0.6 is 11.8 Å². The Morgan fingerprint density at radius 1 is 1.25 bits per heavy atom. The first-order valence-electron chi connectivity index (χ1n) is 5.18. The summed E-state index contributed by atoms with van der Waals surface area (Å²) >= 11 is 1.73. The van der Waals surface area contributed by atoms with Crippen molar-refractivity contribution in [1.82, 2.24) is 15.1 Å². The Balaban J connectivity index is 2.05. The quantitative estimate of drug-likeness (QED) is 0.878. The molecule has 2 rings (SSSR count). The highest BCUT2D eigenvalue weighted by Crippen LogP contribution is 2.26. The Bertz CT molecular complexity index is 448. The van der Waals surface area contributed by atoms with E-state index in [1.165, 1.54) is 15.4 Å². The molecule has 0 bridgehead atoms. The summed E-state index contributed by atoms with van der Waals surface area (Å²) < 4.78 is 1.82. The summed E-state index contributed by atoms with van der Waals surface area (Å²) in [5, 5.41) is 7.28. The van der Waals surface area contributed by atoms with Crippen molar-refractivity contribution in [3.8, 4) is 0 Å². The van der Waals surface area contributed by atoms with Gasteiger partial charge in [-0.15, -0.1) is 0 Å². The number of benzene rings is 1. The first-order valence-corrected chi connectivity index (χ1v) is 5.99. The molecule has 0 atom stereocenters. The highest BCUT2D eigenvalue weighted by molar-refractivity contribution is 7.99. The fraction of sp³-hybridized carbons (Fsp3) is 0.250. The summed E-state index contributed by atoms with van der Waals surface area (Å²) in [6, 6.07) is 8.58. The molecule has 3 nitrogen and oxygen atoms in total. The van der Waals surface area contributed by atoms with Crippen LogP contribution < -0.4 is 5.32 Å². The molecule has 0 aliphatic heterocycles. The Hall–Kier alpha value is -1.26. The first kappa shape index (κ1) is 11.2. The third-order valence-electron chi connectivity index (χ3n) is 2.22. The predicted octanol–water partition coefficient (Wildman–Crippen LogP) is 2.29. The lowest BCUT2D eigenvalue weighted by Gasteiger charge is -2.02. The van der Waals surface area contributed by atoms with E-state index in [4.69, 9.17) is 0 Å². The largest absolute Gasteiger partial charge is 0.316 e. The Labute approximate surface area is 99.9 Å². The molecule has 0 unspecified atom stereocenters. The minimum absolute atomic E-state index is 0.915. The monoisotopic (exact) mass is 233 g/mol. The summed E-state index contributed by atoms with van der Waals surface area (Å²) in [4.78, 5) is 2.41. The second kappa shape index (κ2) is 5.18. The van der Waals surface area contributed by atoms with E-state index in [1.54, 1.807) is 11.8 Å². The van der Waals surface area contributed by atoms with E-state index in [9.17, 15) is 0 Å². The van der Waals surface area contributed by atoms with Crippen molar-refractivity contribution in [1.29, 1.82) is 0 Å². The Kier molecular flexibility index (Phi) is 3.64. The molecule has 0 fully saturated rings. The number of aryl methyl sites for hydroxylation is 1. The average molecular weight is 233 g/mol. The normalized spacial score (nSPS) is 10.6. The second-order valence-corrected chi connectivity index (χ2v) is 4.77. The zero-order chi connectivity index (χ0) is 11.4. The topological polar surface area (TPSA) is 29.9 Å².